The lowest BCUT2D eigenvalue weighted by atomic mass is 10.1. The van der Waals surface area contributed by atoms with Crippen LogP contribution >= 0.6 is 0 Å². The Morgan fingerprint density at radius 3 is 2.95 bits per heavy atom. The third-order valence-corrected chi connectivity index (χ3v) is 3.21. The minimum atomic E-state index is -0.137. The number of aromatic nitrogens is 3. The number of nitrogens with one attached hydrogen (secondary N) is 1. The van der Waals surface area contributed by atoms with Gasteiger partial charge in [0.05, 0.1) is 5.69 Å². The van der Waals surface area contributed by atoms with Crippen molar-refractivity contribution < 1.29 is 4.79 Å². The van der Waals surface area contributed by atoms with Crippen molar-refractivity contribution >= 4 is 17.2 Å². The van der Waals surface area contributed by atoms with Gasteiger partial charge in [-0.15, -0.1) is 10.2 Å². The van der Waals surface area contributed by atoms with Gasteiger partial charge in [-0.1, -0.05) is 17.7 Å². The van der Waals surface area contributed by atoms with Crippen LogP contribution in [-0.2, 0) is 0 Å². The van der Waals surface area contributed by atoms with Crippen molar-refractivity contribution in [3.05, 3.63) is 59.5 Å². The molecule has 1 aromatic carbocycles. The van der Waals surface area contributed by atoms with Gasteiger partial charge in [0, 0.05) is 11.8 Å². The lowest BCUT2D eigenvalue weighted by molar-refractivity contribution is 0.102. The molecule has 2 heterocycles. The van der Waals surface area contributed by atoms with E-state index in [4.69, 9.17) is 0 Å². The first-order valence-corrected chi connectivity index (χ1v) is 6.32. The van der Waals surface area contributed by atoms with Crippen molar-refractivity contribution in [3.8, 4) is 0 Å². The standard InChI is InChI=1S/C15H14N4O/c1-10-5-6-11(2)12(8-10)15(20)17-13-4-3-7-19-9-16-18-14(13)19/h3-9H,1-2H3,(H,17,20). The van der Waals surface area contributed by atoms with E-state index >= 15 is 0 Å². The zero-order chi connectivity index (χ0) is 14.1. The molecule has 1 amide bonds. The minimum Gasteiger partial charge on any atom is -0.319 e. The van der Waals surface area contributed by atoms with Crippen LogP contribution in [0, 0.1) is 13.8 Å². The van der Waals surface area contributed by atoms with Gasteiger partial charge in [0.1, 0.15) is 6.33 Å². The van der Waals surface area contributed by atoms with E-state index in [1.54, 1.807) is 10.7 Å². The molecule has 0 radical (unpaired) electrons. The third kappa shape index (κ3) is 2.14. The summed E-state index contributed by atoms with van der Waals surface area (Å²) in [4.78, 5) is 12.4. The molecule has 3 rings (SSSR count). The molecular formula is C15H14N4O. The average Bonchev–Trinajstić information content (AvgIpc) is 2.91. The Labute approximate surface area is 116 Å². The predicted molar refractivity (Wildman–Crippen MR) is 76.9 cm³/mol. The smallest absolute Gasteiger partial charge is 0.256 e. The molecule has 100 valence electrons. The van der Waals surface area contributed by atoms with Gasteiger partial charge >= 0.3 is 0 Å². The van der Waals surface area contributed by atoms with E-state index in [1.165, 1.54) is 0 Å². The number of hydrogen-bond acceptors (Lipinski definition) is 3. The number of benzene rings is 1. The number of carbonyl (C=O) groups excluding carboxylic acids is 1. The second kappa shape index (κ2) is 4.77. The number of rotatable bonds is 2. The first-order valence-electron chi connectivity index (χ1n) is 6.32. The normalized spacial score (nSPS) is 10.7. The van der Waals surface area contributed by atoms with Gasteiger partial charge < -0.3 is 5.32 Å². The van der Waals surface area contributed by atoms with E-state index in [0.717, 1.165) is 11.1 Å². The quantitative estimate of drug-likeness (QED) is 0.775. The molecule has 0 saturated carbocycles. The molecular weight excluding hydrogens is 252 g/mol. The van der Waals surface area contributed by atoms with Crippen LogP contribution in [0.25, 0.3) is 5.65 Å². The molecule has 3 aromatic rings. The molecule has 0 fully saturated rings. The highest BCUT2D eigenvalue weighted by Gasteiger charge is 2.12. The highest BCUT2D eigenvalue weighted by molar-refractivity contribution is 6.06. The van der Waals surface area contributed by atoms with Crippen molar-refractivity contribution in [1.82, 2.24) is 14.6 Å². The molecule has 0 aliphatic rings. The molecule has 5 nitrogen and oxygen atoms in total. The largest absolute Gasteiger partial charge is 0.319 e. The first-order chi connectivity index (χ1) is 9.65. The maximum atomic E-state index is 12.4. The second-order valence-electron chi connectivity index (χ2n) is 4.76. The van der Waals surface area contributed by atoms with Crippen LogP contribution in [0.3, 0.4) is 0 Å². The summed E-state index contributed by atoms with van der Waals surface area (Å²) in [7, 11) is 0. The summed E-state index contributed by atoms with van der Waals surface area (Å²) >= 11 is 0. The van der Waals surface area contributed by atoms with Crippen molar-refractivity contribution in [3.63, 3.8) is 0 Å². The Morgan fingerprint density at radius 2 is 2.10 bits per heavy atom. The molecule has 0 bridgehead atoms. The fraction of sp³-hybridized carbons (Fsp3) is 0.133. The van der Waals surface area contributed by atoms with Crippen LogP contribution in [0.1, 0.15) is 21.5 Å². The molecule has 0 spiro atoms. The number of carbonyl (C=O) groups is 1. The fourth-order valence-corrected chi connectivity index (χ4v) is 2.12. The topological polar surface area (TPSA) is 59.3 Å². The molecule has 0 aliphatic carbocycles. The highest BCUT2D eigenvalue weighted by Crippen LogP contribution is 2.17. The van der Waals surface area contributed by atoms with E-state index in [0.29, 0.717) is 16.9 Å². The molecule has 0 atom stereocenters. The number of pyridine rings is 1. The van der Waals surface area contributed by atoms with E-state index in [-0.39, 0.29) is 5.91 Å². The summed E-state index contributed by atoms with van der Waals surface area (Å²) in [5.74, 6) is -0.137. The van der Waals surface area contributed by atoms with Crippen molar-refractivity contribution in [2.45, 2.75) is 13.8 Å². The van der Waals surface area contributed by atoms with Crippen LogP contribution in [-0.4, -0.2) is 20.5 Å². The Morgan fingerprint density at radius 1 is 1.25 bits per heavy atom. The van der Waals surface area contributed by atoms with Crippen molar-refractivity contribution in [2.75, 3.05) is 5.32 Å². The number of amides is 1. The Hall–Kier alpha value is -2.69. The fourth-order valence-electron chi connectivity index (χ4n) is 2.12. The number of aryl methyl sites for hydroxylation is 2. The number of hydrogen-bond donors (Lipinski definition) is 1. The summed E-state index contributed by atoms with van der Waals surface area (Å²) in [6, 6.07) is 9.48. The van der Waals surface area contributed by atoms with Crippen LogP contribution in [0.15, 0.2) is 42.9 Å². The van der Waals surface area contributed by atoms with Gasteiger partial charge in [-0.05, 0) is 37.6 Å². The molecule has 2 aromatic heterocycles. The molecule has 1 N–H and O–H groups in total. The molecule has 5 heteroatoms. The van der Waals surface area contributed by atoms with Gasteiger partial charge in [0.15, 0.2) is 5.65 Å². The third-order valence-electron chi connectivity index (χ3n) is 3.21. The van der Waals surface area contributed by atoms with E-state index < -0.39 is 0 Å². The minimum absolute atomic E-state index is 0.137. The van der Waals surface area contributed by atoms with E-state index in [1.807, 2.05) is 50.4 Å². The Bertz CT molecular complexity index is 791. The summed E-state index contributed by atoms with van der Waals surface area (Å²) in [5.41, 5.74) is 3.96. The van der Waals surface area contributed by atoms with Gasteiger partial charge in [-0.25, -0.2) is 0 Å². The van der Waals surface area contributed by atoms with Crippen LogP contribution in [0.4, 0.5) is 5.69 Å². The predicted octanol–water partition coefficient (Wildman–Crippen LogP) is 2.60. The summed E-state index contributed by atoms with van der Waals surface area (Å²) in [6.45, 7) is 3.89. The molecule has 0 aliphatic heterocycles. The summed E-state index contributed by atoms with van der Waals surface area (Å²) in [6.07, 6.45) is 3.44. The van der Waals surface area contributed by atoms with Crippen LogP contribution < -0.4 is 5.32 Å². The number of fused-ring (bicyclic) bond motifs is 1. The van der Waals surface area contributed by atoms with E-state index in [2.05, 4.69) is 15.5 Å². The Kier molecular flexibility index (Phi) is 2.95. The van der Waals surface area contributed by atoms with Gasteiger partial charge in [-0.3, -0.25) is 9.20 Å². The highest BCUT2D eigenvalue weighted by atomic mass is 16.1. The number of nitrogens with zero attached hydrogens (tertiary/aromatic N) is 3. The summed E-state index contributed by atoms with van der Waals surface area (Å²) < 4.78 is 1.76. The van der Waals surface area contributed by atoms with Gasteiger partial charge in [0.2, 0.25) is 0 Å². The zero-order valence-electron chi connectivity index (χ0n) is 11.3. The zero-order valence-corrected chi connectivity index (χ0v) is 11.3. The van der Waals surface area contributed by atoms with Gasteiger partial charge in [-0.2, -0.15) is 0 Å². The lowest BCUT2D eigenvalue weighted by Gasteiger charge is -2.09. The van der Waals surface area contributed by atoms with Crippen molar-refractivity contribution in [2.24, 2.45) is 0 Å². The van der Waals surface area contributed by atoms with Crippen LogP contribution in [0.5, 0.6) is 0 Å². The van der Waals surface area contributed by atoms with Crippen molar-refractivity contribution in [1.29, 1.82) is 0 Å². The number of anilines is 1. The lowest BCUT2D eigenvalue weighted by Crippen LogP contribution is -2.14. The summed E-state index contributed by atoms with van der Waals surface area (Å²) in [5, 5.41) is 10.7. The second-order valence-corrected chi connectivity index (χ2v) is 4.76. The average molecular weight is 266 g/mol. The van der Waals surface area contributed by atoms with Crippen LogP contribution in [0.2, 0.25) is 0 Å². The Balaban J connectivity index is 1.96. The van der Waals surface area contributed by atoms with Gasteiger partial charge in [0.25, 0.3) is 5.91 Å². The first kappa shape index (κ1) is 12.3. The molecule has 0 saturated heterocycles. The maximum Gasteiger partial charge on any atom is 0.256 e. The molecule has 0 unspecified atom stereocenters. The SMILES string of the molecule is Cc1ccc(C)c(C(=O)Nc2cccn3cnnc23)c1. The molecule has 20 heavy (non-hydrogen) atoms. The maximum absolute atomic E-state index is 12.4. The van der Waals surface area contributed by atoms with E-state index in [9.17, 15) is 4.79 Å². The monoisotopic (exact) mass is 266 g/mol.